The Bertz CT molecular complexity index is 569. The van der Waals surface area contributed by atoms with Crippen LogP contribution in [0.5, 0.6) is 5.75 Å². The molecule has 1 aliphatic rings. The molecule has 0 saturated carbocycles. The van der Waals surface area contributed by atoms with Gasteiger partial charge in [0.25, 0.3) is 0 Å². The summed E-state index contributed by atoms with van der Waals surface area (Å²) < 4.78 is 5.63. The maximum absolute atomic E-state index is 6.91. The Hall–Kier alpha value is -2.19. The first-order valence-electron chi connectivity index (χ1n) is 6.28. The molecule has 0 aromatic heterocycles. The molecule has 0 fully saturated rings. The first-order chi connectivity index (χ1) is 9.24. The lowest BCUT2D eigenvalue weighted by molar-refractivity contribution is 0.265. The number of aliphatic imine (C=N–C) groups is 2. The van der Waals surface area contributed by atoms with Gasteiger partial charge >= 0.3 is 0 Å². The predicted octanol–water partition coefficient (Wildman–Crippen LogP) is 3.09. The second kappa shape index (κ2) is 6.12. The fraction of sp³-hybridized carbons (Fsp3) is 0.333. The molecule has 0 spiro atoms. The van der Waals surface area contributed by atoms with Crippen LogP contribution in [-0.2, 0) is 6.42 Å². The molecule has 1 aromatic rings. The van der Waals surface area contributed by atoms with Gasteiger partial charge in [0.05, 0.1) is 12.1 Å². The highest BCUT2D eigenvalue weighted by atomic mass is 16.5. The van der Waals surface area contributed by atoms with E-state index in [0.29, 0.717) is 6.61 Å². The second-order valence-electron chi connectivity index (χ2n) is 4.43. The van der Waals surface area contributed by atoms with Crippen molar-refractivity contribution in [3.63, 3.8) is 0 Å². The Morgan fingerprint density at radius 3 is 3.11 bits per heavy atom. The van der Waals surface area contributed by atoms with Crippen molar-refractivity contribution in [2.75, 3.05) is 6.61 Å². The largest absolute Gasteiger partial charge is 0.491 e. The first-order valence-corrected chi connectivity index (χ1v) is 6.28. The Kier molecular flexibility index (Phi) is 4.26. The summed E-state index contributed by atoms with van der Waals surface area (Å²) in [7, 11) is 0. The van der Waals surface area contributed by atoms with Gasteiger partial charge in [-0.2, -0.15) is 0 Å². The van der Waals surface area contributed by atoms with E-state index in [1.165, 1.54) is 0 Å². The van der Waals surface area contributed by atoms with Gasteiger partial charge in [-0.15, -0.1) is 0 Å². The number of benzene rings is 1. The molecule has 1 heterocycles. The minimum Gasteiger partial charge on any atom is -0.491 e. The van der Waals surface area contributed by atoms with Crippen molar-refractivity contribution in [2.24, 2.45) is 9.98 Å². The van der Waals surface area contributed by atoms with Crippen molar-refractivity contribution in [3.05, 3.63) is 41.6 Å². The summed E-state index contributed by atoms with van der Waals surface area (Å²) in [6.07, 6.45) is 4.47. The van der Waals surface area contributed by atoms with E-state index < -0.39 is 0 Å². The van der Waals surface area contributed by atoms with Gasteiger partial charge in [-0.25, -0.2) is 10.4 Å². The highest BCUT2D eigenvalue weighted by molar-refractivity contribution is 5.99. The Morgan fingerprint density at radius 2 is 2.37 bits per heavy atom. The predicted molar refractivity (Wildman–Crippen MR) is 76.6 cm³/mol. The summed E-state index contributed by atoms with van der Waals surface area (Å²) in [5.41, 5.74) is 3.17. The average Bonchev–Trinajstić information content (AvgIpc) is 2.44. The van der Waals surface area contributed by atoms with E-state index in [1.807, 2.05) is 32.1 Å². The molecule has 4 heteroatoms. The SMILES string of the molecule is C/C=C\N=C(C)c1ccc2c(c1)CC(N=C=N)CO2. The van der Waals surface area contributed by atoms with Crippen molar-refractivity contribution in [3.8, 4) is 5.75 Å². The molecule has 1 aromatic carbocycles. The number of fused-ring (bicyclic) bond motifs is 1. The lowest BCUT2D eigenvalue weighted by atomic mass is 9.99. The monoisotopic (exact) mass is 255 g/mol. The molecule has 1 unspecified atom stereocenters. The van der Waals surface area contributed by atoms with E-state index in [2.05, 4.69) is 22.1 Å². The summed E-state index contributed by atoms with van der Waals surface area (Å²) in [6, 6.07) is 8.17. The second-order valence-corrected chi connectivity index (χ2v) is 4.43. The number of hydrogen-bond acceptors (Lipinski definition) is 4. The zero-order valence-corrected chi connectivity index (χ0v) is 11.2. The van der Waals surface area contributed by atoms with E-state index in [9.17, 15) is 0 Å². The van der Waals surface area contributed by atoms with E-state index in [4.69, 9.17) is 10.1 Å². The van der Waals surface area contributed by atoms with Gasteiger partial charge in [0.1, 0.15) is 12.4 Å². The van der Waals surface area contributed by atoms with Crippen molar-refractivity contribution in [2.45, 2.75) is 26.3 Å². The fourth-order valence-electron chi connectivity index (χ4n) is 2.04. The van der Waals surface area contributed by atoms with Crippen molar-refractivity contribution in [1.82, 2.24) is 0 Å². The van der Waals surface area contributed by atoms with Crippen LogP contribution >= 0.6 is 0 Å². The third-order valence-electron chi connectivity index (χ3n) is 3.03. The standard InChI is InChI=1S/C15H17N3O/c1-3-6-17-11(2)12-4-5-15-13(7-12)8-14(9-19-15)18-10-16/h3-7,14,16H,8-9H2,1-2H3/b6-3-,17-11?. The highest BCUT2D eigenvalue weighted by Crippen LogP contribution is 2.27. The van der Waals surface area contributed by atoms with Crippen LogP contribution in [0, 0.1) is 5.41 Å². The molecular formula is C15H17N3O. The normalized spacial score (nSPS) is 18.6. The van der Waals surface area contributed by atoms with Gasteiger partial charge < -0.3 is 4.74 Å². The summed E-state index contributed by atoms with van der Waals surface area (Å²) in [6.45, 7) is 4.44. The van der Waals surface area contributed by atoms with E-state index in [-0.39, 0.29) is 6.04 Å². The van der Waals surface area contributed by atoms with Crippen LogP contribution in [0.3, 0.4) is 0 Å². The Morgan fingerprint density at radius 1 is 1.53 bits per heavy atom. The van der Waals surface area contributed by atoms with Gasteiger partial charge in [0.15, 0.2) is 0 Å². The molecular weight excluding hydrogens is 238 g/mol. The van der Waals surface area contributed by atoms with Crippen molar-refractivity contribution in [1.29, 1.82) is 5.41 Å². The molecule has 0 saturated heterocycles. The number of rotatable bonds is 3. The number of allylic oxidation sites excluding steroid dienone is 1. The summed E-state index contributed by atoms with van der Waals surface area (Å²) in [4.78, 5) is 8.30. The molecule has 98 valence electrons. The molecule has 0 radical (unpaired) electrons. The lowest BCUT2D eigenvalue weighted by Crippen LogP contribution is -2.24. The lowest BCUT2D eigenvalue weighted by Gasteiger charge is -2.22. The van der Waals surface area contributed by atoms with Crippen LogP contribution in [0.1, 0.15) is 25.0 Å². The van der Waals surface area contributed by atoms with Crippen molar-refractivity contribution >= 4 is 11.7 Å². The molecule has 2 rings (SSSR count). The topological polar surface area (TPSA) is 57.8 Å². The third kappa shape index (κ3) is 3.18. The van der Waals surface area contributed by atoms with Gasteiger partial charge in [-0.3, -0.25) is 4.99 Å². The van der Waals surface area contributed by atoms with Crippen LogP contribution in [-0.4, -0.2) is 24.4 Å². The van der Waals surface area contributed by atoms with Crippen molar-refractivity contribution < 1.29 is 4.74 Å². The molecule has 1 atom stereocenters. The molecule has 0 aliphatic carbocycles. The molecule has 4 nitrogen and oxygen atoms in total. The van der Waals surface area contributed by atoms with E-state index >= 15 is 0 Å². The minimum absolute atomic E-state index is 0.00645. The van der Waals surface area contributed by atoms with Crippen LogP contribution in [0.25, 0.3) is 0 Å². The summed E-state index contributed by atoms with van der Waals surface area (Å²) in [5.74, 6) is 0.902. The van der Waals surface area contributed by atoms with Gasteiger partial charge in [0.2, 0.25) is 0 Å². The summed E-state index contributed by atoms with van der Waals surface area (Å²) >= 11 is 0. The maximum atomic E-state index is 6.91. The van der Waals surface area contributed by atoms with Crippen LogP contribution in [0.2, 0.25) is 0 Å². The average molecular weight is 255 g/mol. The third-order valence-corrected chi connectivity index (χ3v) is 3.03. The van der Waals surface area contributed by atoms with Gasteiger partial charge in [0, 0.05) is 18.3 Å². The molecule has 0 amide bonds. The molecule has 1 aliphatic heterocycles. The number of nitrogens with zero attached hydrogens (tertiary/aromatic N) is 2. The molecule has 1 N–H and O–H groups in total. The molecule has 0 bridgehead atoms. The van der Waals surface area contributed by atoms with Gasteiger partial charge in [-0.1, -0.05) is 6.08 Å². The minimum atomic E-state index is -0.00645. The van der Waals surface area contributed by atoms with Gasteiger partial charge in [-0.05, 0) is 43.2 Å². The Labute approximate surface area is 113 Å². The Balaban J connectivity index is 2.28. The molecule has 19 heavy (non-hydrogen) atoms. The number of hydrogen-bond donors (Lipinski definition) is 1. The van der Waals surface area contributed by atoms with E-state index in [1.54, 1.807) is 6.20 Å². The van der Waals surface area contributed by atoms with Crippen LogP contribution in [0.4, 0.5) is 0 Å². The fourth-order valence-corrected chi connectivity index (χ4v) is 2.04. The van der Waals surface area contributed by atoms with Crippen LogP contribution < -0.4 is 4.74 Å². The number of ether oxygens (including phenoxy) is 1. The smallest absolute Gasteiger partial charge is 0.122 e. The summed E-state index contributed by atoms with van der Waals surface area (Å²) in [5, 5.41) is 6.91. The highest BCUT2D eigenvalue weighted by Gasteiger charge is 2.19. The maximum Gasteiger partial charge on any atom is 0.122 e. The zero-order valence-electron chi connectivity index (χ0n) is 11.2. The first kappa shape index (κ1) is 13.2. The number of nitrogens with one attached hydrogen (secondary N) is 1. The van der Waals surface area contributed by atoms with E-state index in [0.717, 1.165) is 29.0 Å². The van der Waals surface area contributed by atoms with Crippen LogP contribution in [0.15, 0.2) is 40.5 Å². The quantitative estimate of drug-likeness (QED) is 0.829. The zero-order chi connectivity index (χ0) is 13.7.